The van der Waals surface area contributed by atoms with Gasteiger partial charge in [0.25, 0.3) is 5.91 Å². The van der Waals surface area contributed by atoms with Crippen molar-refractivity contribution in [3.8, 4) is 5.75 Å². The van der Waals surface area contributed by atoms with Crippen molar-refractivity contribution in [3.63, 3.8) is 0 Å². The first kappa shape index (κ1) is 16.3. The van der Waals surface area contributed by atoms with E-state index in [1.807, 2.05) is 0 Å². The number of benzene rings is 1. The van der Waals surface area contributed by atoms with Gasteiger partial charge in [0, 0.05) is 5.56 Å². The predicted octanol–water partition coefficient (Wildman–Crippen LogP) is 2.63. The van der Waals surface area contributed by atoms with Crippen LogP contribution in [0, 0.1) is 0 Å². The van der Waals surface area contributed by atoms with Gasteiger partial charge in [-0.1, -0.05) is 23.2 Å². The number of hydrogen-bond donors (Lipinski definition) is 1. The van der Waals surface area contributed by atoms with Crippen LogP contribution < -0.4 is 10.1 Å². The fraction of sp³-hybridized carbons (Fsp3) is 0.231. The molecule has 0 spiro atoms. The lowest BCUT2D eigenvalue weighted by Crippen LogP contribution is -2.29. The van der Waals surface area contributed by atoms with Crippen LogP contribution in [0.2, 0.25) is 0 Å². The van der Waals surface area contributed by atoms with Gasteiger partial charge in [0.05, 0.1) is 13.7 Å². The Balaban J connectivity index is 2.86. The molecule has 1 N–H and O–H groups in total. The lowest BCUT2D eigenvalue weighted by Gasteiger charge is -2.09. The number of halogens is 2. The Kier molecular flexibility index (Phi) is 6.35. The van der Waals surface area contributed by atoms with E-state index in [1.54, 1.807) is 31.2 Å². The van der Waals surface area contributed by atoms with Crippen LogP contribution in [0.5, 0.6) is 5.75 Å². The zero-order chi connectivity index (χ0) is 15.1. The molecule has 0 radical (unpaired) electrons. The first-order valence-corrected chi connectivity index (χ1v) is 6.43. The van der Waals surface area contributed by atoms with E-state index < -0.39 is 11.9 Å². The van der Waals surface area contributed by atoms with Crippen LogP contribution in [0.1, 0.15) is 17.3 Å². The number of esters is 1. The second kappa shape index (κ2) is 7.77. The molecule has 0 aliphatic rings. The fourth-order valence-corrected chi connectivity index (χ4v) is 1.56. The molecule has 0 fully saturated rings. The van der Waals surface area contributed by atoms with E-state index in [0.29, 0.717) is 11.3 Å². The number of carbonyl (C=O) groups excluding carboxylic acids is 2. The average molecular weight is 318 g/mol. The third-order valence-corrected chi connectivity index (χ3v) is 2.64. The first-order chi connectivity index (χ1) is 9.49. The Morgan fingerprint density at radius 3 is 2.25 bits per heavy atom. The zero-order valence-electron chi connectivity index (χ0n) is 10.9. The molecule has 108 valence electrons. The summed E-state index contributed by atoms with van der Waals surface area (Å²) in [5.41, 5.74) is 0.0261. The number of amides is 1. The number of nitrogens with one attached hydrogen (secondary N) is 1. The molecule has 0 saturated carbocycles. The summed E-state index contributed by atoms with van der Waals surface area (Å²) < 4.78 is 9.35. The van der Waals surface area contributed by atoms with E-state index in [4.69, 9.17) is 32.7 Å². The van der Waals surface area contributed by atoms with Gasteiger partial charge in [-0.2, -0.15) is 0 Å². The average Bonchev–Trinajstić information content (AvgIpc) is 2.44. The molecule has 7 heteroatoms. The number of hydrogen-bond acceptors (Lipinski definition) is 4. The third-order valence-electron chi connectivity index (χ3n) is 2.26. The van der Waals surface area contributed by atoms with Gasteiger partial charge in [0.15, 0.2) is 5.70 Å². The van der Waals surface area contributed by atoms with Crippen LogP contribution in [0.25, 0.3) is 0 Å². The summed E-state index contributed by atoms with van der Waals surface area (Å²) in [6.07, 6.45) is 0. The highest BCUT2D eigenvalue weighted by atomic mass is 35.5. The molecule has 0 aromatic heterocycles. The summed E-state index contributed by atoms with van der Waals surface area (Å²) in [4.78, 5) is 23.5. The quantitative estimate of drug-likeness (QED) is 0.669. The molecular weight excluding hydrogens is 305 g/mol. The van der Waals surface area contributed by atoms with Crippen LogP contribution in [0.15, 0.2) is 34.5 Å². The molecule has 0 unspecified atom stereocenters. The summed E-state index contributed by atoms with van der Waals surface area (Å²) in [6, 6.07) is 6.31. The SMILES string of the molecule is CCOC(=O)C(NC(=O)c1ccc(OC)cc1)=C(Cl)Cl. The van der Waals surface area contributed by atoms with Crippen molar-refractivity contribution in [2.45, 2.75) is 6.92 Å². The first-order valence-electron chi connectivity index (χ1n) is 5.67. The van der Waals surface area contributed by atoms with Gasteiger partial charge in [0.2, 0.25) is 0 Å². The number of carbonyl (C=O) groups is 2. The molecule has 1 aromatic rings. The van der Waals surface area contributed by atoms with Gasteiger partial charge < -0.3 is 14.8 Å². The molecule has 0 aliphatic heterocycles. The van der Waals surface area contributed by atoms with Crippen molar-refractivity contribution >= 4 is 35.1 Å². The summed E-state index contributed by atoms with van der Waals surface area (Å²) in [5, 5.41) is 2.32. The second-order valence-corrected chi connectivity index (χ2v) is 4.49. The van der Waals surface area contributed by atoms with Gasteiger partial charge >= 0.3 is 5.97 Å². The highest BCUT2D eigenvalue weighted by molar-refractivity contribution is 6.57. The van der Waals surface area contributed by atoms with Gasteiger partial charge in [-0.05, 0) is 31.2 Å². The molecule has 0 aliphatic carbocycles. The van der Waals surface area contributed by atoms with Gasteiger partial charge in [0.1, 0.15) is 10.2 Å². The Hall–Kier alpha value is -1.72. The molecular formula is C13H13Cl2NO4. The van der Waals surface area contributed by atoms with Crippen LogP contribution in [-0.4, -0.2) is 25.6 Å². The Morgan fingerprint density at radius 2 is 1.80 bits per heavy atom. The van der Waals surface area contributed by atoms with Gasteiger partial charge in [-0.3, -0.25) is 4.79 Å². The number of ether oxygens (including phenoxy) is 2. The lowest BCUT2D eigenvalue weighted by molar-refractivity contribution is -0.138. The highest BCUT2D eigenvalue weighted by Gasteiger charge is 2.18. The maximum atomic E-state index is 12.0. The van der Waals surface area contributed by atoms with Gasteiger partial charge in [-0.15, -0.1) is 0 Å². The minimum Gasteiger partial charge on any atom is -0.497 e. The maximum Gasteiger partial charge on any atom is 0.357 e. The number of rotatable bonds is 5. The van der Waals surface area contributed by atoms with Crippen molar-refractivity contribution in [1.29, 1.82) is 0 Å². The summed E-state index contributed by atoms with van der Waals surface area (Å²) >= 11 is 11.1. The topological polar surface area (TPSA) is 64.6 Å². The zero-order valence-corrected chi connectivity index (χ0v) is 12.4. The Morgan fingerprint density at radius 1 is 1.20 bits per heavy atom. The van der Waals surface area contributed by atoms with Crippen molar-refractivity contribution in [3.05, 3.63) is 40.0 Å². The van der Waals surface area contributed by atoms with Crippen molar-refractivity contribution in [1.82, 2.24) is 5.32 Å². The smallest absolute Gasteiger partial charge is 0.357 e. The van der Waals surface area contributed by atoms with E-state index in [0.717, 1.165) is 0 Å². The third kappa shape index (κ3) is 4.43. The van der Waals surface area contributed by atoms with Crippen molar-refractivity contribution < 1.29 is 19.1 Å². The minimum absolute atomic E-state index is 0.141. The van der Waals surface area contributed by atoms with E-state index in [9.17, 15) is 9.59 Å². The predicted molar refractivity (Wildman–Crippen MR) is 75.8 cm³/mol. The van der Waals surface area contributed by atoms with E-state index in [2.05, 4.69) is 5.32 Å². The molecule has 20 heavy (non-hydrogen) atoms. The molecule has 1 amide bonds. The van der Waals surface area contributed by atoms with E-state index in [-0.39, 0.29) is 16.8 Å². The van der Waals surface area contributed by atoms with Crippen LogP contribution in [-0.2, 0) is 9.53 Å². The Bertz CT molecular complexity index is 522. The normalized spacial score (nSPS) is 9.60. The highest BCUT2D eigenvalue weighted by Crippen LogP contribution is 2.15. The van der Waals surface area contributed by atoms with Crippen LogP contribution in [0.3, 0.4) is 0 Å². The molecule has 0 saturated heterocycles. The summed E-state index contributed by atoms with van der Waals surface area (Å²) in [7, 11) is 1.52. The van der Waals surface area contributed by atoms with Gasteiger partial charge in [-0.25, -0.2) is 4.79 Å². The molecule has 5 nitrogen and oxygen atoms in total. The maximum absolute atomic E-state index is 12.0. The lowest BCUT2D eigenvalue weighted by atomic mass is 10.2. The monoisotopic (exact) mass is 317 g/mol. The van der Waals surface area contributed by atoms with E-state index in [1.165, 1.54) is 7.11 Å². The molecule has 0 bridgehead atoms. The summed E-state index contributed by atoms with van der Waals surface area (Å²) in [5.74, 6) is -0.720. The van der Waals surface area contributed by atoms with Crippen molar-refractivity contribution in [2.75, 3.05) is 13.7 Å². The van der Waals surface area contributed by atoms with Crippen LogP contribution >= 0.6 is 23.2 Å². The fourth-order valence-electron chi connectivity index (χ4n) is 1.31. The summed E-state index contributed by atoms with van der Waals surface area (Å²) in [6.45, 7) is 1.77. The molecule has 0 atom stereocenters. The minimum atomic E-state index is -0.797. The molecule has 1 aromatic carbocycles. The molecule has 1 rings (SSSR count). The van der Waals surface area contributed by atoms with Crippen LogP contribution in [0.4, 0.5) is 0 Å². The van der Waals surface area contributed by atoms with E-state index >= 15 is 0 Å². The number of methoxy groups -OCH3 is 1. The Labute approximate surface area is 126 Å². The largest absolute Gasteiger partial charge is 0.497 e. The second-order valence-electron chi connectivity index (χ2n) is 3.54. The standard InChI is InChI=1S/C13H13Cl2NO4/c1-3-20-13(18)10(11(14)15)16-12(17)8-4-6-9(19-2)7-5-8/h4-7H,3H2,1-2H3,(H,16,17). The van der Waals surface area contributed by atoms with Crippen molar-refractivity contribution in [2.24, 2.45) is 0 Å². The molecule has 0 heterocycles.